The molecule has 0 aromatic heterocycles. The zero-order valence-electron chi connectivity index (χ0n) is 13.3. The van der Waals surface area contributed by atoms with Gasteiger partial charge in [0.15, 0.2) is 0 Å². The summed E-state index contributed by atoms with van der Waals surface area (Å²) in [4.78, 5) is 0. The van der Waals surface area contributed by atoms with Gasteiger partial charge < -0.3 is 0 Å². The van der Waals surface area contributed by atoms with E-state index in [9.17, 15) is 0 Å². The molecular weight excluding hydrogens is 216 g/mol. The molecule has 2 aliphatic rings. The van der Waals surface area contributed by atoms with E-state index in [-0.39, 0.29) is 0 Å². The van der Waals surface area contributed by atoms with Crippen LogP contribution in [0.4, 0.5) is 0 Å². The van der Waals surface area contributed by atoms with Crippen molar-refractivity contribution >= 4 is 0 Å². The minimum atomic E-state index is 0.964. The highest BCUT2D eigenvalue weighted by atomic mass is 14.4. The normalized spacial score (nSPS) is 47.8. The molecule has 2 saturated carbocycles. The first kappa shape index (κ1) is 14.4. The zero-order chi connectivity index (χ0) is 13.3. The van der Waals surface area contributed by atoms with E-state index in [2.05, 4.69) is 34.6 Å². The van der Waals surface area contributed by atoms with Crippen molar-refractivity contribution in [1.29, 1.82) is 0 Å². The summed E-state index contributed by atoms with van der Waals surface area (Å²) < 4.78 is 0. The van der Waals surface area contributed by atoms with Crippen molar-refractivity contribution < 1.29 is 0 Å². The van der Waals surface area contributed by atoms with E-state index in [0.717, 1.165) is 41.4 Å². The monoisotopic (exact) mass is 250 g/mol. The molecule has 6 unspecified atom stereocenters. The maximum atomic E-state index is 2.57. The molecule has 2 fully saturated rings. The van der Waals surface area contributed by atoms with Gasteiger partial charge in [0.05, 0.1) is 0 Å². The van der Waals surface area contributed by atoms with Crippen molar-refractivity contribution in [2.24, 2.45) is 41.4 Å². The van der Waals surface area contributed by atoms with Gasteiger partial charge in [-0.2, -0.15) is 0 Å². The van der Waals surface area contributed by atoms with Gasteiger partial charge in [0, 0.05) is 0 Å². The van der Waals surface area contributed by atoms with E-state index < -0.39 is 0 Å². The predicted molar refractivity (Wildman–Crippen MR) is 80.5 cm³/mol. The highest BCUT2D eigenvalue weighted by Crippen LogP contribution is 2.44. The van der Waals surface area contributed by atoms with Gasteiger partial charge in [0.1, 0.15) is 0 Å². The van der Waals surface area contributed by atoms with Crippen LogP contribution in [0.5, 0.6) is 0 Å². The molecule has 2 aliphatic carbocycles. The van der Waals surface area contributed by atoms with Crippen molar-refractivity contribution in [3.8, 4) is 0 Å². The summed E-state index contributed by atoms with van der Waals surface area (Å²) >= 11 is 0. The second-order valence-corrected chi connectivity index (χ2v) is 7.91. The Morgan fingerprint density at radius 1 is 0.611 bits per heavy atom. The van der Waals surface area contributed by atoms with Gasteiger partial charge >= 0.3 is 0 Å². The molecule has 0 radical (unpaired) electrons. The second kappa shape index (κ2) is 5.97. The Balaban J connectivity index is 1.89. The minimum Gasteiger partial charge on any atom is -0.0623 e. The highest BCUT2D eigenvalue weighted by molar-refractivity contribution is 4.85. The van der Waals surface area contributed by atoms with Crippen LogP contribution in [0, 0.1) is 41.4 Å². The Morgan fingerprint density at radius 3 is 1.33 bits per heavy atom. The molecule has 0 saturated heterocycles. The first-order valence-electron chi connectivity index (χ1n) is 8.49. The Morgan fingerprint density at radius 2 is 1.00 bits per heavy atom. The van der Waals surface area contributed by atoms with Crippen LogP contribution in [-0.2, 0) is 0 Å². The molecule has 0 heteroatoms. The molecule has 0 amide bonds. The van der Waals surface area contributed by atoms with Crippen LogP contribution in [0.1, 0.15) is 73.1 Å². The number of hydrogen-bond acceptors (Lipinski definition) is 0. The first-order chi connectivity index (χ1) is 8.49. The third-order valence-corrected chi connectivity index (χ3v) is 6.76. The zero-order valence-corrected chi connectivity index (χ0v) is 13.3. The van der Waals surface area contributed by atoms with Crippen LogP contribution >= 0.6 is 0 Å². The number of rotatable bonds is 2. The highest BCUT2D eigenvalue weighted by Gasteiger charge is 2.34. The Kier molecular flexibility index (Phi) is 4.78. The van der Waals surface area contributed by atoms with E-state index in [1.54, 1.807) is 0 Å². The minimum absolute atomic E-state index is 0.964. The fourth-order valence-electron chi connectivity index (χ4n) is 4.52. The molecule has 0 heterocycles. The third kappa shape index (κ3) is 3.11. The average Bonchev–Trinajstić information content (AvgIpc) is 2.35. The van der Waals surface area contributed by atoms with Crippen LogP contribution in [0.3, 0.4) is 0 Å². The summed E-state index contributed by atoms with van der Waals surface area (Å²) in [5, 5.41) is 0. The summed E-state index contributed by atoms with van der Waals surface area (Å²) in [6, 6.07) is 0. The van der Waals surface area contributed by atoms with Gasteiger partial charge in [0.2, 0.25) is 0 Å². The largest absolute Gasteiger partial charge is 0.0623 e. The average molecular weight is 250 g/mol. The smallest absolute Gasteiger partial charge is 0.0383 e. The molecule has 0 aromatic carbocycles. The standard InChI is InChI=1S/C18H34/c1-12-6-8-17(10-14(12)3)16(5)18-9-7-13(2)15(4)11-18/h12-18H,6-11H2,1-5H3. The quantitative estimate of drug-likeness (QED) is 0.584. The Bertz CT molecular complexity index is 231. The summed E-state index contributed by atoms with van der Waals surface area (Å²) in [7, 11) is 0. The van der Waals surface area contributed by atoms with E-state index in [1.807, 2.05) is 0 Å². The summed E-state index contributed by atoms with van der Waals surface area (Å²) in [5.74, 6) is 6.91. The fraction of sp³-hybridized carbons (Fsp3) is 1.00. The topological polar surface area (TPSA) is 0 Å². The molecule has 0 aliphatic heterocycles. The third-order valence-electron chi connectivity index (χ3n) is 6.76. The fourth-order valence-corrected chi connectivity index (χ4v) is 4.52. The van der Waals surface area contributed by atoms with Crippen LogP contribution in [0.2, 0.25) is 0 Å². The Labute approximate surface area is 115 Å². The van der Waals surface area contributed by atoms with Gasteiger partial charge in [-0.1, -0.05) is 47.5 Å². The lowest BCUT2D eigenvalue weighted by molar-refractivity contribution is 0.0851. The van der Waals surface area contributed by atoms with Crippen LogP contribution in [0.15, 0.2) is 0 Å². The van der Waals surface area contributed by atoms with Crippen molar-refractivity contribution in [3.63, 3.8) is 0 Å². The maximum absolute atomic E-state index is 2.57. The van der Waals surface area contributed by atoms with Crippen molar-refractivity contribution in [2.75, 3.05) is 0 Å². The first-order valence-corrected chi connectivity index (χ1v) is 8.49. The molecule has 2 rings (SSSR count). The molecule has 0 bridgehead atoms. The van der Waals surface area contributed by atoms with Crippen LogP contribution < -0.4 is 0 Å². The van der Waals surface area contributed by atoms with E-state index in [4.69, 9.17) is 0 Å². The van der Waals surface area contributed by atoms with E-state index in [1.165, 1.54) is 38.5 Å². The molecule has 6 atom stereocenters. The maximum Gasteiger partial charge on any atom is -0.0383 e. The molecule has 0 nitrogen and oxygen atoms in total. The van der Waals surface area contributed by atoms with E-state index >= 15 is 0 Å². The molecule has 106 valence electrons. The molecule has 18 heavy (non-hydrogen) atoms. The lowest BCUT2D eigenvalue weighted by atomic mass is 9.64. The number of hydrogen-bond donors (Lipinski definition) is 0. The Hall–Kier alpha value is 0. The lowest BCUT2D eigenvalue weighted by Crippen LogP contribution is -2.32. The molecule has 0 aromatic rings. The van der Waals surface area contributed by atoms with Crippen LogP contribution in [-0.4, -0.2) is 0 Å². The van der Waals surface area contributed by atoms with Gasteiger partial charge in [-0.05, 0) is 67.1 Å². The van der Waals surface area contributed by atoms with Gasteiger partial charge in [-0.15, -0.1) is 0 Å². The predicted octanol–water partition coefficient (Wildman–Crippen LogP) is 5.77. The van der Waals surface area contributed by atoms with Gasteiger partial charge in [-0.3, -0.25) is 0 Å². The summed E-state index contributed by atoms with van der Waals surface area (Å²) in [6.45, 7) is 12.4. The second-order valence-electron chi connectivity index (χ2n) is 7.91. The SMILES string of the molecule is CC1CCC(C(C)C2CCC(C)C(C)C2)CC1C. The van der Waals surface area contributed by atoms with Gasteiger partial charge in [0.25, 0.3) is 0 Å². The van der Waals surface area contributed by atoms with Crippen molar-refractivity contribution in [2.45, 2.75) is 73.1 Å². The molecular formula is C18H34. The molecule has 0 N–H and O–H groups in total. The summed E-state index contributed by atoms with van der Waals surface area (Å²) in [6.07, 6.45) is 8.98. The van der Waals surface area contributed by atoms with Crippen molar-refractivity contribution in [1.82, 2.24) is 0 Å². The van der Waals surface area contributed by atoms with Crippen LogP contribution in [0.25, 0.3) is 0 Å². The summed E-state index contributed by atoms with van der Waals surface area (Å²) in [5.41, 5.74) is 0. The van der Waals surface area contributed by atoms with E-state index in [0.29, 0.717) is 0 Å². The van der Waals surface area contributed by atoms with Crippen molar-refractivity contribution in [3.05, 3.63) is 0 Å². The lowest BCUT2D eigenvalue weighted by Gasteiger charge is -2.42. The van der Waals surface area contributed by atoms with Gasteiger partial charge in [-0.25, -0.2) is 0 Å². The molecule has 0 spiro atoms.